The lowest BCUT2D eigenvalue weighted by atomic mass is 10.5. The quantitative estimate of drug-likeness (QED) is 0.193. The van der Waals surface area contributed by atoms with E-state index in [1.54, 1.807) is 14.1 Å². The molecule has 0 rings (SSSR count). The van der Waals surface area contributed by atoms with Gasteiger partial charge < -0.3 is 14.4 Å². The van der Waals surface area contributed by atoms with E-state index >= 15 is 0 Å². The van der Waals surface area contributed by atoms with Gasteiger partial charge in [-0.25, -0.2) is 13.6 Å². The molecule has 6 nitrogen and oxygen atoms in total. The second-order valence-electron chi connectivity index (χ2n) is 5.02. The first-order chi connectivity index (χ1) is 11.2. The highest BCUT2D eigenvalue weighted by Gasteiger charge is 2.26. The Morgan fingerprint density at radius 1 is 1.16 bits per heavy atom. The van der Waals surface area contributed by atoms with Gasteiger partial charge in [0.25, 0.3) is 0 Å². The Kier molecular flexibility index (Phi) is 21.1. The smallest absolute Gasteiger partial charge is 0.416 e. The summed E-state index contributed by atoms with van der Waals surface area (Å²) >= 11 is 0. The molecule has 0 fully saturated rings. The third kappa shape index (κ3) is 44.9. The molecule has 0 aliphatic rings. The summed E-state index contributed by atoms with van der Waals surface area (Å²) in [4.78, 5) is 21.4. The topological polar surface area (TPSA) is 72.5 Å². The molecular formula is C13H25F6N3O3. The highest BCUT2D eigenvalue weighted by molar-refractivity contribution is 5.66. The number of hydrogen-bond acceptors (Lipinski definition) is 4. The van der Waals surface area contributed by atoms with Gasteiger partial charge in [-0.1, -0.05) is 0 Å². The minimum absolute atomic E-state index is 0.0575. The number of aliphatic carboxylic acids is 1. The summed E-state index contributed by atoms with van der Waals surface area (Å²) < 4.78 is 64.2. The van der Waals surface area contributed by atoms with Gasteiger partial charge in [-0.05, 0) is 14.1 Å². The van der Waals surface area contributed by atoms with Crippen molar-refractivity contribution in [2.75, 3.05) is 54.9 Å². The van der Waals surface area contributed by atoms with Gasteiger partial charge in [-0.15, -0.1) is 17.5 Å². The summed E-state index contributed by atoms with van der Waals surface area (Å²) in [6, 6.07) is 0. The SMILES string of the molecule is C=C.CN(C)CF.C[N+](C)(CNC(=O)F)CC(=O)[O-].FCC(F)(F)F. The Balaban J connectivity index is -0.000000142. The fourth-order valence-corrected chi connectivity index (χ4v) is 0.682. The van der Waals surface area contributed by atoms with E-state index in [9.17, 15) is 41.0 Å². The maximum Gasteiger partial charge on any atom is 0.416 e. The molecule has 0 aromatic carbocycles. The fraction of sp³-hybridized carbons (Fsp3) is 0.692. The normalized spacial score (nSPS) is 10.2. The molecule has 0 aromatic rings. The molecule has 12 heteroatoms. The maximum absolute atomic E-state index is 11.6. The fourth-order valence-electron chi connectivity index (χ4n) is 0.682. The van der Waals surface area contributed by atoms with Crippen molar-refractivity contribution in [2.45, 2.75) is 6.18 Å². The Hall–Kier alpha value is -1.82. The summed E-state index contributed by atoms with van der Waals surface area (Å²) in [6.07, 6.45) is -6.29. The van der Waals surface area contributed by atoms with Gasteiger partial charge in [-0.2, -0.15) is 13.2 Å². The van der Waals surface area contributed by atoms with Crippen LogP contribution in [0.2, 0.25) is 0 Å². The van der Waals surface area contributed by atoms with E-state index in [0.29, 0.717) is 0 Å². The van der Waals surface area contributed by atoms with Crippen LogP contribution in [0.25, 0.3) is 0 Å². The van der Waals surface area contributed by atoms with Gasteiger partial charge in [-0.3, -0.25) is 10.2 Å². The van der Waals surface area contributed by atoms with Crippen molar-refractivity contribution in [1.29, 1.82) is 0 Å². The molecule has 0 bridgehead atoms. The van der Waals surface area contributed by atoms with E-state index in [4.69, 9.17) is 0 Å². The predicted octanol–water partition coefficient (Wildman–Crippen LogP) is 1.24. The number of alkyl halides is 5. The highest BCUT2D eigenvalue weighted by atomic mass is 19.4. The van der Waals surface area contributed by atoms with E-state index in [1.165, 1.54) is 19.0 Å². The summed E-state index contributed by atoms with van der Waals surface area (Å²) in [5.74, 6) is -1.24. The van der Waals surface area contributed by atoms with Gasteiger partial charge in [0.15, 0.2) is 13.3 Å². The predicted molar refractivity (Wildman–Crippen MR) is 79.4 cm³/mol. The first-order valence-electron chi connectivity index (χ1n) is 6.45. The van der Waals surface area contributed by atoms with Crippen molar-refractivity contribution in [3.63, 3.8) is 0 Å². The van der Waals surface area contributed by atoms with Crippen molar-refractivity contribution < 1.29 is 45.5 Å². The average Bonchev–Trinajstić information content (AvgIpc) is 2.46. The molecule has 0 saturated carbocycles. The van der Waals surface area contributed by atoms with Crippen LogP contribution in [0.5, 0.6) is 0 Å². The van der Waals surface area contributed by atoms with Gasteiger partial charge in [0.05, 0.1) is 20.1 Å². The zero-order chi connectivity index (χ0) is 21.3. The van der Waals surface area contributed by atoms with Gasteiger partial charge in [0.1, 0.15) is 13.3 Å². The van der Waals surface area contributed by atoms with Crippen molar-refractivity contribution in [1.82, 2.24) is 10.2 Å². The Morgan fingerprint density at radius 3 is 1.64 bits per heavy atom. The number of carbonyl (C=O) groups is 2. The second-order valence-corrected chi connectivity index (χ2v) is 5.02. The zero-order valence-electron chi connectivity index (χ0n) is 14.6. The summed E-state index contributed by atoms with van der Waals surface area (Å²) in [6.45, 7) is 3.05. The van der Waals surface area contributed by atoms with E-state index in [-0.39, 0.29) is 24.5 Å². The van der Waals surface area contributed by atoms with E-state index in [2.05, 4.69) is 13.2 Å². The molecule has 1 amide bonds. The number of carbonyl (C=O) groups excluding carboxylic acids is 2. The van der Waals surface area contributed by atoms with Crippen LogP contribution in [-0.2, 0) is 4.79 Å². The molecule has 25 heavy (non-hydrogen) atoms. The van der Waals surface area contributed by atoms with Crippen molar-refractivity contribution in [3.8, 4) is 0 Å². The lowest BCUT2D eigenvalue weighted by Gasteiger charge is -2.29. The molecule has 0 aliphatic carbocycles. The number of likely N-dealkylation sites (N-methyl/N-ethyl adjacent to an activating group) is 1. The molecule has 0 heterocycles. The van der Waals surface area contributed by atoms with Crippen LogP contribution in [0, 0.1) is 0 Å². The average molecular weight is 385 g/mol. The third-order valence-corrected chi connectivity index (χ3v) is 1.59. The molecule has 0 unspecified atom stereocenters. The van der Waals surface area contributed by atoms with Crippen LogP contribution < -0.4 is 10.4 Å². The number of quaternary nitrogens is 1. The van der Waals surface area contributed by atoms with E-state index < -0.39 is 25.0 Å². The van der Waals surface area contributed by atoms with Gasteiger partial charge >= 0.3 is 12.3 Å². The first-order valence-corrected chi connectivity index (χ1v) is 6.45. The lowest BCUT2D eigenvalue weighted by Crippen LogP contribution is -2.53. The number of carboxylic acid groups (broad SMARTS) is 1. The van der Waals surface area contributed by atoms with Crippen LogP contribution in [0.1, 0.15) is 0 Å². The molecule has 0 aliphatic heterocycles. The second kappa shape index (κ2) is 17.0. The van der Waals surface area contributed by atoms with Crippen LogP contribution >= 0.6 is 0 Å². The molecule has 0 aromatic heterocycles. The first kappa shape index (κ1) is 31.0. The lowest BCUT2D eigenvalue weighted by molar-refractivity contribution is -0.886. The zero-order valence-corrected chi connectivity index (χ0v) is 14.6. The van der Waals surface area contributed by atoms with Crippen molar-refractivity contribution in [3.05, 3.63) is 13.2 Å². The summed E-state index contributed by atoms with van der Waals surface area (Å²) in [5.41, 5.74) is 0. The molecule has 152 valence electrons. The van der Waals surface area contributed by atoms with Crippen LogP contribution in [0.15, 0.2) is 13.2 Å². The van der Waals surface area contributed by atoms with Crippen molar-refractivity contribution in [2.24, 2.45) is 0 Å². The molecule has 0 radical (unpaired) electrons. The molecule has 0 atom stereocenters. The minimum atomic E-state index is -4.62. The maximum atomic E-state index is 11.6. The van der Waals surface area contributed by atoms with Crippen LogP contribution in [-0.4, -0.2) is 82.6 Å². The van der Waals surface area contributed by atoms with Crippen molar-refractivity contribution >= 4 is 12.1 Å². The largest absolute Gasteiger partial charge is 0.544 e. The number of nitrogens with zero attached hydrogens (tertiary/aromatic N) is 2. The molecular weight excluding hydrogens is 360 g/mol. The van der Waals surface area contributed by atoms with Gasteiger partial charge in [0.2, 0.25) is 0 Å². The Bertz CT molecular complexity index is 352. The number of hydrogen-bond donors (Lipinski definition) is 1. The van der Waals surface area contributed by atoms with Gasteiger partial charge in [0, 0.05) is 0 Å². The highest BCUT2D eigenvalue weighted by Crippen LogP contribution is 2.13. The number of amides is 1. The number of rotatable bonds is 5. The van der Waals surface area contributed by atoms with Crippen LogP contribution in [0.3, 0.4) is 0 Å². The van der Waals surface area contributed by atoms with E-state index in [1.807, 2.05) is 5.32 Å². The molecule has 0 spiro atoms. The Morgan fingerprint density at radius 2 is 1.48 bits per heavy atom. The summed E-state index contributed by atoms with van der Waals surface area (Å²) in [7, 11) is 6.43. The third-order valence-electron chi connectivity index (χ3n) is 1.59. The monoisotopic (exact) mass is 385 g/mol. The standard InChI is InChI=1S/C6H11FN2O3.C3H8FN.C2H2F4.C2H4/c1-9(2,3-5(10)11)4-8-6(7)12;1-5(2)3-4;3-1-2(4,5)6;1-2/h3-4H2,1-2H3,(H-,8,10,11,12);3H2,1-2H3;1H2;1-2H2. The van der Waals surface area contributed by atoms with E-state index in [0.717, 1.165) is 0 Å². The van der Waals surface area contributed by atoms with Crippen LogP contribution in [0.4, 0.5) is 31.1 Å². The number of nitrogens with one attached hydrogen (secondary N) is 1. The number of carboxylic acids is 1. The molecule has 1 N–H and O–H groups in total. The number of halogens is 6. The minimum Gasteiger partial charge on any atom is -0.544 e. The Labute approximate surface area is 143 Å². The molecule has 0 saturated heterocycles. The summed E-state index contributed by atoms with van der Waals surface area (Å²) in [5, 5.41) is 12.0.